The minimum Gasteiger partial charge on any atom is -0.460 e. The van der Waals surface area contributed by atoms with Crippen molar-refractivity contribution in [3.63, 3.8) is 0 Å². The Kier molecular flexibility index (Phi) is 20.8. The predicted molar refractivity (Wildman–Crippen MR) is 313 cm³/mol. The van der Waals surface area contributed by atoms with Gasteiger partial charge in [0.05, 0.1) is 82.1 Å². The van der Waals surface area contributed by atoms with Gasteiger partial charge in [0.25, 0.3) is 23.6 Å². The predicted octanol–water partition coefficient (Wildman–Crippen LogP) is 11.5. The number of imide groups is 2. The van der Waals surface area contributed by atoms with E-state index in [0.717, 1.165) is 38.5 Å². The van der Waals surface area contributed by atoms with E-state index < -0.39 is 47.5 Å². The van der Waals surface area contributed by atoms with Crippen molar-refractivity contribution >= 4 is 69.7 Å². The second-order valence-corrected chi connectivity index (χ2v) is 20.6. The van der Waals surface area contributed by atoms with Crippen molar-refractivity contribution in [1.82, 2.24) is 9.80 Å². The molecule has 2 aliphatic rings. The molecule has 0 bridgehead atoms. The lowest BCUT2D eigenvalue weighted by Gasteiger charge is -2.39. The smallest absolute Gasteiger partial charge is 0.338 e. The highest BCUT2D eigenvalue weighted by atomic mass is 16.5. The molecule has 4 amide bonds. The third-order valence-corrected chi connectivity index (χ3v) is 15.3. The maximum Gasteiger partial charge on any atom is 0.338 e. The number of nitrogens with zero attached hydrogens (tertiary/aromatic N) is 4. The van der Waals surface area contributed by atoms with E-state index in [2.05, 4.69) is 13.8 Å². The lowest BCUT2D eigenvalue weighted by molar-refractivity contribution is 0.0485. The molecule has 428 valence electrons. The first kappa shape index (κ1) is 59.5. The largest absolute Gasteiger partial charge is 0.460 e. The van der Waals surface area contributed by atoms with Crippen LogP contribution in [0.25, 0.3) is 10.8 Å². The molecule has 2 heterocycles. The van der Waals surface area contributed by atoms with Crippen molar-refractivity contribution in [3.8, 4) is 0 Å². The number of carbonyl (C=O) groups is 8. The van der Waals surface area contributed by atoms with E-state index in [-0.39, 0.29) is 122 Å². The van der Waals surface area contributed by atoms with Gasteiger partial charge in [-0.1, -0.05) is 139 Å². The third-order valence-electron chi connectivity index (χ3n) is 15.3. The summed E-state index contributed by atoms with van der Waals surface area (Å²) in [4.78, 5) is 122. The molecule has 6 aromatic carbocycles. The Balaban J connectivity index is 1.32. The van der Waals surface area contributed by atoms with Crippen molar-refractivity contribution in [2.24, 2.45) is 11.8 Å². The molecule has 16 nitrogen and oxygen atoms in total. The fourth-order valence-electron chi connectivity index (χ4n) is 10.6. The molecule has 82 heavy (non-hydrogen) atoms. The highest BCUT2D eigenvalue weighted by molar-refractivity contribution is 6.36. The quantitative estimate of drug-likeness (QED) is 0.0235. The lowest BCUT2D eigenvalue weighted by atomic mass is 9.82. The van der Waals surface area contributed by atoms with Crippen molar-refractivity contribution in [1.29, 1.82) is 0 Å². The number of unbranched alkanes of at least 4 members (excludes halogenated alkanes) is 2. The van der Waals surface area contributed by atoms with Gasteiger partial charge in [0.1, 0.15) is 26.4 Å². The van der Waals surface area contributed by atoms with E-state index in [9.17, 15) is 19.2 Å². The number of benzene rings is 6. The van der Waals surface area contributed by atoms with Gasteiger partial charge < -0.3 is 28.7 Å². The van der Waals surface area contributed by atoms with E-state index in [4.69, 9.17) is 18.9 Å². The number of rotatable bonds is 30. The van der Waals surface area contributed by atoms with E-state index in [1.165, 1.54) is 9.80 Å². The summed E-state index contributed by atoms with van der Waals surface area (Å²) in [6.07, 6.45) is 6.30. The normalized spacial score (nSPS) is 13.4. The second-order valence-electron chi connectivity index (χ2n) is 20.6. The highest BCUT2D eigenvalue weighted by Crippen LogP contribution is 2.47. The zero-order chi connectivity index (χ0) is 58.1. The molecule has 16 heteroatoms. The number of ether oxygens (including phenoxy) is 4. The van der Waals surface area contributed by atoms with Gasteiger partial charge in [-0.3, -0.25) is 29.0 Å². The minimum atomic E-state index is -0.647. The monoisotopic (exact) mass is 1110 g/mol. The Morgan fingerprint density at radius 2 is 0.695 bits per heavy atom. The first-order valence-corrected chi connectivity index (χ1v) is 28.7. The molecule has 2 atom stereocenters. The molecule has 0 radical (unpaired) electrons. The van der Waals surface area contributed by atoms with E-state index in [0.29, 0.717) is 35.1 Å². The number of carbonyl (C=O) groups excluding carboxylic acids is 8. The Labute approximate surface area is 479 Å². The van der Waals surface area contributed by atoms with Gasteiger partial charge in [-0.05, 0) is 85.3 Å². The first-order chi connectivity index (χ1) is 39.9. The summed E-state index contributed by atoms with van der Waals surface area (Å²) in [5.41, 5.74) is 1.85. The first-order valence-electron chi connectivity index (χ1n) is 28.7. The van der Waals surface area contributed by atoms with Gasteiger partial charge in [0.15, 0.2) is 0 Å². The Morgan fingerprint density at radius 1 is 0.415 bits per heavy atom. The van der Waals surface area contributed by atoms with Crippen LogP contribution in [0.15, 0.2) is 133 Å². The zero-order valence-electron chi connectivity index (χ0n) is 47.3. The lowest BCUT2D eigenvalue weighted by Crippen LogP contribution is -2.47. The Morgan fingerprint density at radius 3 is 0.951 bits per heavy atom. The number of esters is 4. The van der Waals surface area contributed by atoms with E-state index in [1.54, 1.807) is 143 Å². The molecule has 0 N–H and O–H groups in total. The molecule has 0 fully saturated rings. The summed E-state index contributed by atoms with van der Waals surface area (Å²) >= 11 is 0. The van der Waals surface area contributed by atoms with Crippen molar-refractivity contribution < 1.29 is 57.3 Å². The van der Waals surface area contributed by atoms with Crippen LogP contribution in [-0.4, -0.2) is 123 Å². The molecule has 2 unspecified atom stereocenters. The van der Waals surface area contributed by atoms with Crippen LogP contribution in [0.5, 0.6) is 0 Å². The molecular formula is C66H72N4O12. The number of hydrogen-bond donors (Lipinski definition) is 0. The van der Waals surface area contributed by atoms with Crippen LogP contribution in [0.3, 0.4) is 0 Å². The van der Waals surface area contributed by atoms with Gasteiger partial charge in [0, 0.05) is 23.9 Å². The molecule has 0 spiro atoms. The summed E-state index contributed by atoms with van der Waals surface area (Å²) in [6, 6.07) is 37.0. The minimum absolute atomic E-state index is 0.0405. The van der Waals surface area contributed by atoms with Crippen LogP contribution < -0.4 is 9.80 Å². The maximum absolute atomic E-state index is 15.7. The fraction of sp³-hybridized carbons (Fsp3) is 0.364. The van der Waals surface area contributed by atoms with Crippen molar-refractivity contribution in [2.45, 2.75) is 79.1 Å². The molecule has 0 saturated heterocycles. The molecule has 8 rings (SSSR count). The molecule has 0 aromatic heterocycles. The number of amides is 4. The topological polar surface area (TPSA) is 186 Å². The summed E-state index contributed by atoms with van der Waals surface area (Å²) < 4.78 is 23.3. The number of anilines is 2. The van der Waals surface area contributed by atoms with Gasteiger partial charge in [-0.2, -0.15) is 0 Å². The average molecular weight is 1110 g/mol. The standard InChI is InChI=1S/C66H72N4O12/c1-5-9-23-45(7-3)43-69-59(71)51-41-54(68(35-39-81-65(77)49-29-19-13-20-30-49)36-40-82-66(78)50-31-21-14-22-32-50)58-56-52(60(72)70(62(58)74)44-46(8-4)24-10-6-2)42-53(57(55(51)56)61(69)73)67(33-37-79-63(75)47-25-15-11-16-26-47)34-38-80-64(76)48-27-17-12-18-28-48/h11-22,25-32,41-42,45-46H,5-10,23-24,33-40,43-44H2,1-4H3. The second kappa shape index (κ2) is 28.7. The average Bonchev–Trinajstić information content (AvgIpc) is 1.91. The van der Waals surface area contributed by atoms with Crippen LogP contribution >= 0.6 is 0 Å². The Hall–Kier alpha value is -8.66. The van der Waals surface area contributed by atoms with Gasteiger partial charge in [0.2, 0.25) is 0 Å². The van der Waals surface area contributed by atoms with E-state index >= 15 is 19.2 Å². The summed E-state index contributed by atoms with van der Waals surface area (Å²) in [5, 5.41) is 0.189. The third kappa shape index (κ3) is 13.9. The van der Waals surface area contributed by atoms with Crippen LogP contribution in [0.2, 0.25) is 0 Å². The van der Waals surface area contributed by atoms with Crippen LogP contribution in [0, 0.1) is 11.8 Å². The molecule has 0 saturated carbocycles. The molecule has 2 aliphatic heterocycles. The SMILES string of the molecule is CCCCC(CC)CN1C(=O)c2cc(N(CCOC(=O)c3ccccc3)CCOC(=O)c3ccccc3)c3c4c(cc(N(CCOC(=O)c5ccccc5)CCOC(=O)c5ccccc5)c(c24)C1=O)C(=O)N(CC(CC)CCCC)C3=O. The van der Waals surface area contributed by atoms with Gasteiger partial charge in [-0.25, -0.2) is 19.2 Å². The number of hydrogen-bond acceptors (Lipinski definition) is 14. The molecular weight excluding hydrogens is 1040 g/mol. The van der Waals surface area contributed by atoms with Crippen LogP contribution in [0.4, 0.5) is 11.4 Å². The fourth-order valence-corrected chi connectivity index (χ4v) is 10.6. The zero-order valence-corrected chi connectivity index (χ0v) is 47.3. The van der Waals surface area contributed by atoms with Crippen molar-refractivity contribution in [3.05, 3.63) is 178 Å². The van der Waals surface area contributed by atoms with Gasteiger partial charge in [-0.15, -0.1) is 0 Å². The summed E-state index contributed by atoms with van der Waals surface area (Å²) in [5.74, 6) is -5.11. The summed E-state index contributed by atoms with van der Waals surface area (Å²) in [7, 11) is 0. The summed E-state index contributed by atoms with van der Waals surface area (Å²) in [6.45, 7) is 7.25. The highest BCUT2D eigenvalue weighted by Gasteiger charge is 2.45. The Bertz CT molecular complexity index is 2910. The van der Waals surface area contributed by atoms with E-state index in [1.807, 2.05) is 13.8 Å². The molecule has 6 aromatic rings. The van der Waals surface area contributed by atoms with Gasteiger partial charge >= 0.3 is 23.9 Å². The van der Waals surface area contributed by atoms with Crippen LogP contribution in [-0.2, 0) is 18.9 Å². The van der Waals surface area contributed by atoms with Crippen molar-refractivity contribution in [2.75, 3.05) is 75.5 Å². The maximum atomic E-state index is 15.7. The molecule has 0 aliphatic carbocycles. The van der Waals surface area contributed by atoms with Crippen LogP contribution in [0.1, 0.15) is 162 Å².